The fourth-order valence-corrected chi connectivity index (χ4v) is 2.43. The highest BCUT2D eigenvalue weighted by atomic mass is 16.5. The van der Waals surface area contributed by atoms with Crippen molar-refractivity contribution in [3.05, 3.63) is 61.3 Å². The number of hydrogen-bond acceptors (Lipinski definition) is 5. The van der Waals surface area contributed by atoms with Gasteiger partial charge in [0.05, 0.1) is 25.8 Å². The number of anilines is 2. The van der Waals surface area contributed by atoms with Crippen molar-refractivity contribution in [2.24, 2.45) is 0 Å². The molecule has 0 bridgehead atoms. The summed E-state index contributed by atoms with van der Waals surface area (Å²) >= 11 is 0. The van der Waals surface area contributed by atoms with E-state index in [1.165, 1.54) is 0 Å². The summed E-state index contributed by atoms with van der Waals surface area (Å²) in [4.78, 5) is 4.43. The molecule has 4 rings (SSSR count). The largest absolute Gasteiger partial charge is 0.497 e. The first kappa shape index (κ1) is 13.4. The normalized spacial score (nSPS) is 10.8. The summed E-state index contributed by atoms with van der Waals surface area (Å²) < 4.78 is 12.1. The maximum atomic E-state index is 5.17. The van der Waals surface area contributed by atoms with Crippen molar-refractivity contribution in [1.82, 2.24) is 14.6 Å². The Kier molecular flexibility index (Phi) is 3.20. The van der Waals surface area contributed by atoms with E-state index >= 15 is 0 Å². The van der Waals surface area contributed by atoms with Gasteiger partial charge in [0.15, 0.2) is 5.65 Å². The summed E-state index contributed by atoms with van der Waals surface area (Å²) in [5.74, 6) is 1.65. The number of ether oxygens (including phenoxy) is 1. The molecule has 0 unspecified atom stereocenters. The lowest BCUT2D eigenvalue weighted by Crippen LogP contribution is -2.00. The van der Waals surface area contributed by atoms with Gasteiger partial charge in [0.1, 0.15) is 11.6 Å². The first-order chi connectivity index (χ1) is 11.3. The van der Waals surface area contributed by atoms with Gasteiger partial charge in [0.2, 0.25) is 0 Å². The summed E-state index contributed by atoms with van der Waals surface area (Å²) in [6, 6.07) is 11.5. The highest BCUT2D eigenvalue weighted by molar-refractivity contribution is 5.77. The second-order valence-electron chi connectivity index (χ2n) is 4.99. The van der Waals surface area contributed by atoms with Gasteiger partial charge in [-0.15, -0.1) is 0 Å². The molecule has 23 heavy (non-hydrogen) atoms. The quantitative estimate of drug-likeness (QED) is 0.622. The molecule has 6 heteroatoms. The molecule has 0 radical (unpaired) electrons. The van der Waals surface area contributed by atoms with Gasteiger partial charge in [0.25, 0.3) is 0 Å². The second-order valence-corrected chi connectivity index (χ2v) is 4.99. The Morgan fingerprint density at radius 2 is 2.00 bits per heavy atom. The molecule has 1 N–H and O–H groups in total. The van der Waals surface area contributed by atoms with Crippen molar-refractivity contribution in [1.29, 1.82) is 0 Å². The topological polar surface area (TPSA) is 64.6 Å². The van der Waals surface area contributed by atoms with E-state index in [4.69, 9.17) is 9.15 Å². The average molecular weight is 306 g/mol. The Bertz CT molecular complexity index is 927. The van der Waals surface area contributed by atoms with Crippen molar-refractivity contribution < 1.29 is 9.15 Å². The number of aromatic nitrogens is 3. The van der Waals surface area contributed by atoms with Crippen molar-refractivity contribution in [3.63, 3.8) is 0 Å². The van der Waals surface area contributed by atoms with Crippen molar-refractivity contribution >= 4 is 17.2 Å². The van der Waals surface area contributed by atoms with Gasteiger partial charge in [-0.25, -0.2) is 4.98 Å². The zero-order chi connectivity index (χ0) is 15.6. The zero-order valence-corrected chi connectivity index (χ0v) is 12.4. The van der Waals surface area contributed by atoms with Crippen LogP contribution < -0.4 is 10.1 Å². The lowest BCUT2D eigenvalue weighted by Gasteiger charge is -2.09. The Morgan fingerprint density at radius 1 is 1.13 bits per heavy atom. The first-order valence-electron chi connectivity index (χ1n) is 7.11. The molecule has 3 heterocycles. The van der Waals surface area contributed by atoms with Crippen molar-refractivity contribution in [2.45, 2.75) is 0 Å². The summed E-state index contributed by atoms with van der Waals surface area (Å²) in [5, 5.41) is 7.77. The van der Waals surface area contributed by atoms with Crippen LogP contribution in [0.2, 0.25) is 0 Å². The Balaban J connectivity index is 1.73. The van der Waals surface area contributed by atoms with Crippen LogP contribution in [0.15, 0.2) is 65.7 Å². The SMILES string of the molecule is COc1ccc(Nc2ccnc3c(-c4ccoc4)cnn23)cc1. The fourth-order valence-electron chi connectivity index (χ4n) is 2.43. The van der Waals surface area contributed by atoms with Gasteiger partial charge >= 0.3 is 0 Å². The van der Waals surface area contributed by atoms with Gasteiger partial charge in [-0.1, -0.05) is 0 Å². The van der Waals surface area contributed by atoms with Crippen LogP contribution in [0.25, 0.3) is 16.8 Å². The zero-order valence-electron chi connectivity index (χ0n) is 12.4. The molecular weight excluding hydrogens is 292 g/mol. The van der Waals surface area contributed by atoms with E-state index in [1.807, 2.05) is 36.4 Å². The minimum atomic E-state index is 0.768. The average Bonchev–Trinajstić information content (AvgIpc) is 3.25. The van der Waals surface area contributed by atoms with Gasteiger partial charge < -0.3 is 14.5 Å². The number of hydrogen-bond donors (Lipinski definition) is 1. The lowest BCUT2D eigenvalue weighted by molar-refractivity contribution is 0.415. The molecule has 0 saturated heterocycles. The molecule has 0 aliphatic rings. The Labute approximate surface area is 132 Å². The predicted octanol–water partition coefficient (Wildman–Crippen LogP) is 3.74. The molecule has 0 aliphatic heterocycles. The number of nitrogens with zero attached hydrogens (tertiary/aromatic N) is 3. The van der Waals surface area contributed by atoms with E-state index in [2.05, 4.69) is 15.4 Å². The lowest BCUT2D eigenvalue weighted by atomic mass is 10.2. The smallest absolute Gasteiger partial charge is 0.165 e. The van der Waals surface area contributed by atoms with E-state index < -0.39 is 0 Å². The van der Waals surface area contributed by atoms with Crippen LogP contribution in [0.4, 0.5) is 11.5 Å². The molecule has 0 amide bonds. The third-order valence-corrected chi connectivity index (χ3v) is 3.60. The highest BCUT2D eigenvalue weighted by Gasteiger charge is 2.11. The summed E-state index contributed by atoms with van der Waals surface area (Å²) in [7, 11) is 1.65. The molecular formula is C17H14N4O2. The van der Waals surface area contributed by atoms with Crippen LogP contribution in [0.1, 0.15) is 0 Å². The minimum absolute atomic E-state index is 0.768. The van der Waals surface area contributed by atoms with E-state index in [-0.39, 0.29) is 0 Å². The number of rotatable bonds is 4. The molecule has 0 atom stereocenters. The summed E-state index contributed by atoms with van der Waals surface area (Å²) in [6.07, 6.45) is 6.86. The number of furan rings is 1. The molecule has 4 aromatic rings. The third kappa shape index (κ3) is 2.40. The third-order valence-electron chi connectivity index (χ3n) is 3.60. The van der Waals surface area contributed by atoms with Crippen LogP contribution >= 0.6 is 0 Å². The van der Waals surface area contributed by atoms with Crippen molar-refractivity contribution in [2.75, 3.05) is 12.4 Å². The van der Waals surface area contributed by atoms with E-state index in [0.29, 0.717) is 0 Å². The van der Waals surface area contributed by atoms with Gasteiger partial charge in [-0.05, 0) is 36.4 Å². The Hall–Kier alpha value is -3.28. The number of nitrogens with one attached hydrogen (secondary N) is 1. The first-order valence-corrected chi connectivity index (χ1v) is 7.11. The summed E-state index contributed by atoms with van der Waals surface area (Å²) in [5.41, 5.74) is 3.59. The van der Waals surface area contributed by atoms with Crippen LogP contribution in [0, 0.1) is 0 Å². The number of fused-ring (bicyclic) bond motifs is 1. The summed E-state index contributed by atoms with van der Waals surface area (Å²) in [6.45, 7) is 0. The molecule has 6 nitrogen and oxygen atoms in total. The standard InChI is InChI=1S/C17H14N4O2/c1-22-14-4-2-13(3-5-14)20-16-6-8-18-17-15(10-19-21(16)17)12-7-9-23-11-12/h2-11,20H,1H3. The number of methoxy groups -OCH3 is 1. The van der Waals surface area contributed by atoms with Gasteiger partial charge in [-0.3, -0.25) is 0 Å². The maximum absolute atomic E-state index is 5.17. The molecule has 0 saturated carbocycles. The molecule has 0 aliphatic carbocycles. The monoisotopic (exact) mass is 306 g/mol. The molecule has 1 aromatic carbocycles. The molecule has 0 spiro atoms. The van der Waals surface area contributed by atoms with E-state index in [1.54, 1.807) is 36.5 Å². The molecule has 114 valence electrons. The van der Waals surface area contributed by atoms with Crippen LogP contribution in [0.5, 0.6) is 5.75 Å². The Morgan fingerprint density at radius 3 is 2.74 bits per heavy atom. The maximum Gasteiger partial charge on any atom is 0.165 e. The minimum Gasteiger partial charge on any atom is -0.497 e. The molecule has 0 fully saturated rings. The second kappa shape index (κ2) is 5.49. The molecule has 3 aromatic heterocycles. The van der Waals surface area contributed by atoms with Crippen LogP contribution in [-0.2, 0) is 0 Å². The fraction of sp³-hybridized carbons (Fsp3) is 0.0588. The highest BCUT2D eigenvalue weighted by Crippen LogP contribution is 2.26. The van der Waals surface area contributed by atoms with Crippen LogP contribution in [0.3, 0.4) is 0 Å². The number of benzene rings is 1. The predicted molar refractivity (Wildman–Crippen MR) is 87.0 cm³/mol. The van der Waals surface area contributed by atoms with Crippen LogP contribution in [-0.4, -0.2) is 21.7 Å². The van der Waals surface area contributed by atoms with E-state index in [9.17, 15) is 0 Å². The van der Waals surface area contributed by atoms with Gasteiger partial charge in [0, 0.05) is 23.0 Å². The van der Waals surface area contributed by atoms with E-state index in [0.717, 1.165) is 34.0 Å². The van der Waals surface area contributed by atoms with Gasteiger partial charge in [-0.2, -0.15) is 9.61 Å². The van der Waals surface area contributed by atoms with Crippen molar-refractivity contribution in [3.8, 4) is 16.9 Å².